The molecule has 1 aromatic carbocycles. The smallest absolute Gasteiger partial charge is 0.233 e. The number of carbonyl (C=O) groups is 1. The lowest BCUT2D eigenvalue weighted by Gasteiger charge is -2.17. The lowest BCUT2D eigenvalue weighted by atomic mass is 10.0. The van der Waals surface area contributed by atoms with Crippen molar-refractivity contribution in [3.8, 4) is 28.3 Å². The maximum atomic E-state index is 14.7. The van der Waals surface area contributed by atoms with Crippen LogP contribution in [0.1, 0.15) is 6.42 Å². The molecule has 2 aliphatic rings. The number of piperidine rings is 1. The number of halogens is 2. The van der Waals surface area contributed by atoms with E-state index in [1.807, 2.05) is 7.05 Å². The molecule has 184 valence electrons. The van der Waals surface area contributed by atoms with Crippen LogP contribution in [-0.4, -0.2) is 62.8 Å². The molecule has 2 atom stereocenters. The fraction of sp³-hybridized carbons (Fsp3) is 0.320. The topological polar surface area (TPSA) is 98.1 Å². The van der Waals surface area contributed by atoms with Gasteiger partial charge in [-0.2, -0.15) is 5.10 Å². The van der Waals surface area contributed by atoms with E-state index >= 15 is 0 Å². The Morgan fingerprint density at radius 2 is 1.97 bits per heavy atom. The molecule has 2 unspecified atom stereocenters. The Morgan fingerprint density at radius 1 is 1.19 bits per heavy atom. The van der Waals surface area contributed by atoms with Gasteiger partial charge >= 0.3 is 0 Å². The Balaban J connectivity index is 1.48. The number of nitrogens with zero attached hydrogens (tertiary/aromatic N) is 6. The predicted octanol–water partition coefficient (Wildman–Crippen LogP) is 3.27. The number of pyridine rings is 1. The van der Waals surface area contributed by atoms with Crippen molar-refractivity contribution >= 4 is 22.8 Å². The molecule has 1 amide bonds. The fourth-order valence-corrected chi connectivity index (χ4v) is 5.30. The molecule has 1 aliphatic carbocycles. The first-order valence-electron chi connectivity index (χ1n) is 11.5. The highest BCUT2D eigenvalue weighted by atomic mass is 19.1. The van der Waals surface area contributed by atoms with Gasteiger partial charge in [0, 0.05) is 38.0 Å². The van der Waals surface area contributed by atoms with Crippen LogP contribution in [0.2, 0.25) is 0 Å². The molecule has 1 saturated heterocycles. The molecule has 2 fully saturated rings. The molecular weight excluding hydrogens is 468 g/mol. The lowest BCUT2D eigenvalue weighted by Crippen LogP contribution is -2.31. The minimum absolute atomic E-state index is 0.0880. The molecule has 0 bridgehead atoms. The Bertz CT molecular complexity index is 1520. The Morgan fingerprint density at radius 3 is 2.67 bits per heavy atom. The van der Waals surface area contributed by atoms with Gasteiger partial charge in [0.1, 0.15) is 34.9 Å². The van der Waals surface area contributed by atoms with Crippen molar-refractivity contribution in [1.29, 1.82) is 0 Å². The number of benzene rings is 1. The quantitative estimate of drug-likeness (QED) is 0.458. The maximum absolute atomic E-state index is 14.7. The zero-order chi connectivity index (χ0) is 25.2. The first-order valence-corrected chi connectivity index (χ1v) is 11.5. The largest absolute Gasteiger partial charge is 0.493 e. The monoisotopic (exact) mass is 491 g/mol. The number of anilines is 1. The third-order valence-electron chi connectivity index (χ3n) is 7.08. The molecule has 6 rings (SSSR count). The third-order valence-corrected chi connectivity index (χ3v) is 7.08. The molecule has 0 spiro atoms. The van der Waals surface area contributed by atoms with Gasteiger partial charge in [-0.1, -0.05) is 6.07 Å². The van der Waals surface area contributed by atoms with Crippen LogP contribution in [0.4, 0.5) is 14.6 Å². The molecule has 1 aliphatic heterocycles. The van der Waals surface area contributed by atoms with E-state index in [4.69, 9.17) is 4.74 Å². The van der Waals surface area contributed by atoms with Crippen LogP contribution in [0.3, 0.4) is 0 Å². The third kappa shape index (κ3) is 3.41. The minimum Gasteiger partial charge on any atom is -0.493 e. The molecule has 11 heteroatoms. The van der Waals surface area contributed by atoms with E-state index in [-0.39, 0.29) is 23.0 Å². The van der Waals surface area contributed by atoms with Crippen LogP contribution in [0.15, 0.2) is 36.8 Å². The highest BCUT2D eigenvalue weighted by Gasteiger charge is 2.64. The average molecular weight is 492 g/mol. The van der Waals surface area contributed by atoms with Gasteiger partial charge < -0.3 is 15.0 Å². The summed E-state index contributed by atoms with van der Waals surface area (Å²) in [5.74, 6) is -0.654. The highest BCUT2D eigenvalue weighted by Crippen LogP contribution is 2.58. The van der Waals surface area contributed by atoms with Gasteiger partial charge in [0.15, 0.2) is 11.6 Å². The van der Waals surface area contributed by atoms with Crippen molar-refractivity contribution in [3.63, 3.8) is 0 Å². The Labute approximate surface area is 205 Å². The first-order chi connectivity index (χ1) is 17.3. The predicted molar refractivity (Wildman–Crippen MR) is 128 cm³/mol. The Kier molecular flexibility index (Phi) is 5.01. The SMILES string of the molecule is COc1cc2ncnc(-c3cn(C)nc3-c3c(F)cccc3F)c2nc1NC(=O)C12CC1CN(C)C2. The summed E-state index contributed by atoms with van der Waals surface area (Å²) in [6.45, 7) is 1.59. The second-order valence-corrected chi connectivity index (χ2v) is 9.50. The number of methoxy groups -OCH3 is 1. The summed E-state index contributed by atoms with van der Waals surface area (Å²) in [5.41, 5.74) is 0.908. The number of aryl methyl sites for hydroxylation is 1. The number of aromatic nitrogens is 5. The van der Waals surface area contributed by atoms with Crippen molar-refractivity contribution in [2.75, 3.05) is 32.6 Å². The molecule has 36 heavy (non-hydrogen) atoms. The number of hydrogen-bond acceptors (Lipinski definition) is 7. The highest BCUT2D eigenvalue weighted by molar-refractivity contribution is 6.01. The average Bonchev–Trinajstić information content (AvgIpc) is 3.21. The van der Waals surface area contributed by atoms with Crippen LogP contribution in [-0.2, 0) is 11.8 Å². The molecular formula is C25H23F2N7O2. The van der Waals surface area contributed by atoms with E-state index in [0.717, 1.165) is 13.0 Å². The van der Waals surface area contributed by atoms with Crippen molar-refractivity contribution in [3.05, 3.63) is 48.4 Å². The first kappa shape index (κ1) is 22.5. The molecule has 0 radical (unpaired) electrons. The van der Waals surface area contributed by atoms with Crippen molar-refractivity contribution < 1.29 is 18.3 Å². The van der Waals surface area contributed by atoms with E-state index in [1.54, 1.807) is 19.3 Å². The number of rotatable bonds is 5. The van der Waals surface area contributed by atoms with Gasteiger partial charge in [-0.3, -0.25) is 9.48 Å². The standard InChI is InChI=1S/C25H23F2N7O2/c1-33-9-13-8-25(13,11-33)24(35)31-23-18(36-3)7-17-22(30-23)21(29-12-28-17)14-10-34(2)32-20(14)19-15(26)5-4-6-16(19)27/h4-7,10,12-13H,8-9,11H2,1-3H3,(H,30,31,35). The Hall–Kier alpha value is -3.99. The van der Waals surface area contributed by atoms with Crippen LogP contribution in [0.5, 0.6) is 5.75 Å². The molecule has 1 N–H and O–H groups in total. The number of likely N-dealkylation sites (tertiary alicyclic amines) is 1. The van der Waals surface area contributed by atoms with Gasteiger partial charge in [0.05, 0.1) is 23.6 Å². The number of nitrogens with one attached hydrogen (secondary N) is 1. The molecule has 4 heterocycles. The maximum Gasteiger partial charge on any atom is 0.233 e. The van der Waals surface area contributed by atoms with E-state index in [0.29, 0.717) is 40.5 Å². The number of amides is 1. The second kappa shape index (κ2) is 8.02. The molecule has 1 saturated carbocycles. The summed E-state index contributed by atoms with van der Waals surface area (Å²) >= 11 is 0. The van der Waals surface area contributed by atoms with Crippen molar-refractivity contribution in [2.24, 2.45) is 18.4 Å². The summed E-state index contributed by atoms with van der Waals surface area (Å²) in [4.78, 5) is 28.7. The number of fused-ring (bicyclic) bond motifs is 2. The summed E-state index contributed by atoms with van der Waals surface area (Å²) in [6.07, 6.45) is 3.81. The van der Waals surface area contributed by atoms with Gasteiger partial charge in [0.2, 0.25) is 5.91 Å². The summed E-state index contributed by atoms with van der Waals surface area (Å²) < 4.78 is 36.3. The van der Waals surface area contributed by atoms with Crippen molar-refractivity contribution in [1.82, 2.24) is 29.6 Å². The molecule has 4 aromatic rings. The van der Waals surface area contributed by atoms with E-state index in [9.17, 15) is 13.6 Å². The van der Waals surface area contributed by atoms with Crippen molar-refractivity contribution in [2.45, 2.75) is 6.42 Å². The molecule has 3 aromatic heterocycles. The summed E-state index contributed by atoms with van der Waals surface area (Å²) in [6, 6.07) is 5.31. The normalized spacial score (nSPS) is 21.0. The van der Waals surface area contributed by atoms with E-state index in [2.05, 4.69) is 30.3 Å². The fourth-order valence-electron chi connectivity index (χ4n) is 5.30. The summed E-state index contributed by atoms with van der Waals surface area (Å²) in [5, 5.41) is 7.26. The minimum atomic E-state index is -0.740. The second-order valence-electron chi connectivity index (χ2n) is 9.50. The van der Waals surface area contributed by atoms with Gasteiger partial charge in [0.25, 0.3) is 0 Å². The molecule has 9 nitrogen and oxygen atoms in total. The van der Waals surface area contributed by atoms with E-state index in [1.165, 1.54) is 36.3 Å². The zero-order valence-corrected chi connectivity index (χ0v) is 19.9. The van der Waals surface area contributed by atoms with Crippen LogP contribution >= 0.6 is 0 Å². The van der Waals surface area contributed by atoms with Gasteiger partial charge in [-0.15, -0.1) is 0 Å². The van der Waals surface area contributed by atoms with Gasteiger partial charge in [-0.25, -0.2) is 23.7 Å². The number of hydrogen-bond donors (Lipinski definition) is 1. The zero-order valence-electron chi connectivity index (χ0n) is 19.9. The number of carbonyl (C=O) groups excluding carboxylic acids is 1. The van der Waals surface area contributed by atoms with E-state index < -0.39 is 17.0 Å². The summed E-state index contributed by atoms with van der Waals surface area (Å²) in [7, 11) is 5.15. The van der Waals surface area contributed by atoms with Gasteiger partial charge in [-0.05, 0) is 31.5 Å². The van der Waals surface area contributed by atoms with Crippen LogP contribution < -0.4 is 10.1 Å². The van der Waals surface area contributed by atoms with Crippen LogP contribution in [0.25, 0.3) is 33.5 Å². The lowest BCUT2D eigenvalue weighted by molar-refractivity contribution is -0.121. The number of ether oxygens (including phenoxy) is 1. The van der Waals surface area contributed by atoms with Crippen LogP contribution in [0, 0.1) is 23.0 Å².